The quantitative estimate of drug-likeness (QED) is 0.669. The summed E-state index contributed by atoms with van der Waals surface area (Å²) in [6.07, 6.45) is 0. The molecule has 0 unspecified atom stereocenters. The number of carbonyl (C=O) groups is 1. The Bertz CT molecular complexity index is 659. The predicted molar refractivity (Wildman–Crippen MR) is 68.0 cm³/mol. The first kappa shape index (κ1) is 13.8. The van der Waals surface area contributed by atoms with Gasteiger partial charge in [0.2, 0.25) is 0 Å². The van der Waals surface area contributed by atoms with Crippen molar-refractivity contribution in [1.82, 2.24) is 0 Å². The molecule has 2 rings (SSSR count). The van der Waals surface area contributed by atoms with Gasteiger partial charge in [0.15, 0.2) is 11.6 Å². The van der Waals surface area contributed by atoms with E-state index in [0.717, 1.165) is 6.07 Å². The van der Waals surface area contributed by atoms with Gasteiger partial charge in [-0.15, -0.1) is 0 Å². The summed E-state index contributed by atoms with van der Waals surface area (Å²) in [7, 11) is 0. The Labute approximate surface area is 113 Å². The number of esters is 1. The van der Waals surface area contributed by atoms with E-state index in [1.165, 1.54) is 12.1 Å². The zero-order chi connectivity index (χ0) is 14.7. The maximum Gasteiger partial charge on any atom is 0.340 e. The Morgan fingerprint density at radius 2 is 1.90 bits per heavy atom. The van der Waals surface area contributed by atoms with Gasteiger partial charge >= 0.3 is 5.97 Å². The number of anilines is 1. The number of hydrogen-bond donors (Lipinski definition) is 2. The van der Waals surface area contributed by atoms with Crippen LogP contribution in [0.25, 0.3) is 0 Å². The third kappa shape index (κ3) is 3.03. The molecule has 104 valence electrons. The first-order valence-electron chi connectivity index (χ1n) is 5.67. The maximum atomic E-state index is 13.1. The van der Waals surface area contributed by atoms with Crippen LogP contribution in [0.4, 0.5) is 14.5 Å². The van der Waals surface area contributed by atoms with Crippen LogP contribution >= 0.6 is 0 Å². The molecule has 0 saturated carbocycles. The molecule has 6 heteroatoms. The van der Waals surface area contributed by atoms with Gasteiger partial charge in [0, 0.05) is 11.8 Å². The highest BCUT2D eigenvalue weighted by Crippen LogP contribution is 2.19. The fraction of sp³-hybridized carbons (Fsp3) is 0.0714. The van der Waals surface area contributed by atoms with Crippen LogP contribution in [-0.4, -0.2) is 11.1 Å². The number of aromatic hydroxyl groups is 1. The van der Waals surface area contributed by atoms with E-state index in [1.807, 2.05) is 0 Å². The van der Waals surface area contributed by atoms with Crippen LogP contribution in [0.3, 0.4) is 0 Å². The van der Waals surface area contributed by atoms with Crippen LogP contribution in [0, 0.1) is 11.6 Å². The lowest BCUT2D eigenvalue weighted by atomic mass is 10.1. The molecule has 3 N–H and O–H groups in total. The van der Waals surface area contributed by atoms with Gasteiger partial charge in [0.1, 0.15) is 12.4 Å². The number of ether oxygens (including phenoxy) is 1. The number of halogens is 2. The minimum atomic E-state index is -1.18. The van der Waals surface area contributed by atoms with Crippen LogP contribution in [0.5, 0.6) is 5.75 Å². The summed E-state index contributed by atoms with van der Waals surface area (Å²) >= 11 is 0. The molecule has 0 fully saturated rings. The molecule has 0 bridgehead atoms. The van der Waals surface area contributed by atoms with Gasteiger partial charge in [-0.05, 0) is 23.8 Å². The van der Waals surface area contributed by atoms with E-state index in [0.29, 0.717) is 11.6 Å². The van der Waals surface area contributed by atoms with Crippen molar-refractivity contribution in [3.8, 4) is 5.75 Å². The molecule has 0 aromatic heterocycles. The van der Waals surface area contributed by atoms with E-state index >= 15 is 0 Å². The van der Waals surface area contributed by atoms with Crippen molar-refractivity contribution in [1.29, 1.82) is 0 Å². The van der Waals surface area contributed by atoms with Gasteiger partial charge in [-0.1, -0.05) is 12.1 Å². The molecule has 0 spiro atoms. The first-order valence-corrected chi connectivity index (χ1v) is 5.67. The topological polar surface area (TPSA) is 72.6 Å². The van der Waals surface area contributed by atoms with Crippen molar-refractivity contribution in [3.05, 3.63) is 59.2 Å². The Morgan fingerprint density at radius 1 is 1.20 bits per heavy atom. The lowest BCUT2D eigenvalue weighted by Crippen LogP contribution is -2.09. The number of nitrogens with two attached hydrogens (primary N) is 1. The summed E-state index contributed by atoms with van der Waals surface area (Å²) in [4.78, 5) is 11.7. The van der Waals surface area contributed by atoms with E-state index in [2.05, 4.69) is 0 Å². The minimum absolute atomic E-state index is 0.0332. The molecular weight excluding hydrogens is 268 g/mol. The van der Waals surface area contributed by atoms with E-state index in [4.69, 9.17) is 10.5 Å². The molecule has 2 aromatic carbocycles. The molecule has 0 aliphatic rings. The molecule has 0 heterocycles. The van der Waals surface area contributed by atoms with Crippen molar-refractivity contribution < 1.29 is 23.4 Å². The van der Waals surface area contributed by atoms with Crippen LogP contribution in [0.1, 0.15) is 15.9 Å². The number of rotatable bonds is 3. The predicted octanol–water partition coefficient (Wildman–Crippen LogP) is 2.61. The third-order valence-electron chi connectivity index (χ3n) is 2.59. The monoisotopic (exact) mass is 279 g/mol. The molecular formula is C14H11F2NO3. The first-order chi connectivity index (χ1) is 9.47. The molecule has 0 atom stereocenters. The number of phenolic OH excluding ortho intramolecular Hbond substituents is 1. The van der Waals surface area contributed by atoms with Crippen molar-refractivity contribution in [3.63, 3.8) is 0 Å². The van der Waals surface area contributed by atoms with Crippen LogP contribution in [0.15, 0.2) is 36.4 Å². The summed E-state index contributed by atoms with van der Waals surface area (Å²) in [5.74, 6) is -3.15. The second kappa shape index (κ2) is 5.56. The van der Waals surface area contributed by atoms with Gasteiger partial charge in [-0.3, -0.25) is 0 Å². The summed E-state index contributed by atoms with van der Waals surface area (Å²) in [5, 5.41) is 9.25. The second-order valence-electron chi connectivity index (χ2n) is 4.10. The Hall–Kier alpha value is -2.63. The third-order valence-corrected chi connectivity index (χ3v) is 2.59. The van der Waals surface area contributed by atoms with E-state index < -0.39 is 17.6 Å². The largest absolute Gasteiger partial charge is 0.508 e. The Morgan fingerprint density at radius 3 is 2.60 bits per heavy atom. The van der Waals surface area contributed by atoms with Gasteiger partial charge in [-0.2, -0.15) is 0 Å². The molecule has 0 aliphatic carbocycles. The van der Waals surface area contributed by atoms with Crippen LogP contribution < -0.4 is 5.73 Å². The van der Waals surface area contributed by atoms with Crippen LogP contribution in [-0.2, 0) is 11.3 Å². The van der Waals surface area contributed by atoms with Crippen molar-refractivity contribution in [2.75, 3.05) is 5.73 Å². The van der Waals surface area contributed by atoms with Crippen molar-refractivity contribution >= 4 is 11.7 Å². The lowest BCUT2D eigenvalue weighted by Gasteiger charge is -2.08. The van der Waals surface area contributed by atoms with Crippen molar-refractivity contribution in [2.45, 2.75) is 6.61 Å². The summed E-state index contributed by atoms with van der Waals surface area (Å²) in [5.41, 5.74) is 5.54. The van der Waals surface area contributed by atoms with Gasteiger partial charge in [0.25, 0.3) is 0 Å². The number of nitrogen functional groups attached to an aromatic ring is 1. The number of benzene rings is 2. The fourth-order valence-electron chi connectivity index (χ4n) is 1.61. The van der Waals surface area contributed by atoms with E-state index in [9.17, 15) is 18.7 Å². The minimum Gasteiger partial charge on any atom is -0.508 e. The highest BCUT2D eigenvalue weighted by atomic mass is 19.2. The number of phenols is 1. The molecule has 4 nitrogen and oxygen atoms in total. The molecule has 2 aromatic rings. The van der Waals surface area contributed by atoms with Gasteiger partial charge in [0.05, 0.1) is 5.56 Å². The number of carbonyl (C=O) groups excluding carboxylic acids is 1. The molecule has 0 aliphatic heterocycles. The normalized spacial score (nSPS) is 10.3. The highest BCUT2D eigenvalue weighted by Gasteiger charge is 2.15. The van der Waals surface area contributed by atoms with Crippen LogP contribution in [0.2, 0.25) is 0 Å². The van der Waals surface area contributed by atoms with Gasteiger partial charge < -0.3 is 15.6 Å². The Kier molecular flexibility index (Phi) is 3.84. The molecule has 20 heavy (non-hydrogen) atoms. The average molecular weight is 279 g/mol. The standard InChI is InChI=1S/C14H11F2NO3/c15-11-5-10(13(17)6-12(11)16)14(19)20-7-8-2-1-3-9(18)4-8/h1-6,18H,7,17H2. The molecule has 0 radical (unpaired) electrons. The maximum absolute atomic E-state index is 13.1. The van der Waals surface area contributed by atoms with Gasteiger partial charge in [-0.25, -0.2) is 13.6 Å². The second-order valence-corrected chi connectivity index (χ2v) is 4.10. The SMILES string of the molecule is Nc1cc(F)c(F)cc1C(=O)OCc1cccc(O)c1. The smallest absolute Gasteiger partial charge is 0.340 e. The lowest BCUT2D eigenvalue weighted by molar-refractivity contribution is 0.0473. The summed E-state index contributed by atoms with van der Waals surface area (Å²) in [6, 6.07) is 7.53. The summed E-state index contributed by atoms with van der Waals surface area (Å²) < 4.78 is 30.9. The molecule has 0 amide bonds. The zero-order valence-electron chi connectivity index (χ0n) is 10.3. The highest BCUT2D eigenvalue weighted by molar-refractivity contribution is 5.95. The molecule has 0 saturated heterocycles. The van der Waals surface area contributed by atoms with E-state index in [-0.39, 0.29) is 23.6 Å². The number of hydrogen-bond acceptors (Lipinski definition) is 4. The van der Waals surface area contributed by atoms with E-state index in [1.54, 1.807) is 12.1 Å². The Balaban J connectivity index is 2.11. The average Bonchev–Trinajstić information content (AvgIpc) is 2.40. The van der Waals surface area contributed by atoms with Crippen molar-refractivity contribution in [2.24, 2.45) is 0 Å². The summed E-state index contributed by atoms with van der Waals surface area (Å²) in [6.45, 7) is -0.119. The zero-order valence-corrected chi connectivity index (χ0v) is 10.3. The fourth-order valence-corrected chi connectivity index (χ4v) is 1.61.